The first-order chi connectivity index (χ1) is 16.5. The third-order valence-electron chi connectivity index (χ3n) is 8.25. The fourth-order valence-corrected chi connectivity index (χ4v) is 6.16. The second-order valence-corrected chi connectivity index (χ2v) is 10.2. The van der Waals surface area contributed by atoms with Crippen LogP contribution in [0.2, 0.25) is 5.02 Å². The number of piperidine rings is 1. The van der Waals surface area contributed by atoms with Crippen molar-refractivity contribution in [3.05, 3.63) is 58.6 Å². The zero-order chi connectivity index (χ0) is 23.7. The van der Waals surface area contributed by atoms with Crippen molar-refractivity contribution in [3.63, 3.8) is 0 Å². The average molecular weight is 478 g/mol. The highest BCUT2D eigenvalue weighted by atomic mass is 35.5. The maximum absolute atomic E-state index is 12.8. The summed E-state index contributed by atoms with van der Waals surface area (Å²) >= 11 is 6.31. The van der Waals surface area contributed by atoms with E-state index in [1.807, 2.05) is 35.2 Å². The maximum Gasteiger partial charge on any atom is 0.253 e. The number of benzene rings is 2. The summed E-state index contributed by atoms with van der Waals surface area (Å²) in [4.78, 5) is 19.6. The van der Waals surface area contributed by atoms with Crippen LogP contribution < -0.4 is 15.1 Å². The van der Waals surface area contributed by atoms with Crippen molar-refractivity contribution >= 4 is 28.9 Å². The van der Waals surface area contributed by atoms with E-state index < -0.39 is 0 Å². The molecule has 3 fully saturated rings. The molecule has 34 heavy (non-hydrogen) atoms. The van der Waals surface area contributed by atoms with Crippen molar-refractivity contribution in [2.75, 3.05) is 55.6 Å². The van der Waals surface area contributed by atoms with E-state index in [4.69, 9.17) is 11.6 Å². The van der Waals surface area contributed by atoms with Crippen LogP contribution in [0.5, 0.6) is 0 Å². The molecule has 0 bridgehead atoms. The molecule has 3 aliphatic rings. The first-order valence-corrected chi connectivity index (χ1v) is 12.7. The Morgan fingerprint density at radius 2 is 1.65 bits per heavy atom. The lowest BCUT2D eigenvalue weighted by Crippen LogP contribution is -2.46. The van der Waals surface area contributed by atoms with E-state index in [9.17, 15) is 10.1 Å². The van der Waals surface area contributed by atoms with Crippen LogP contribution in [0.15, 0.2) is 42.5 Å². The molecule has 2 aromatic rings. The summed E-state index contributed by atoms with van der Waals surface area (Å²) in [6.45, 7) is 8.70. The summed E-state index contributed by atoms with van der Waals surface area (Å²) in [5.41, 5.74) is 3.92. The summed E-state index contributed by atoms with van der Waals surface area (Å²) in [7, 11) is 0. The van der Waals surface area contributed by atoms with Crippen molar-refractivity contribution in [2.24, 2.45) is 5.41 Å². The Hall–Kier alpha value is -2.75. The summed E-state index contributed by atoms with van der Waals surface area (Å²) < 4.78 is 0. The van der Waals surface area contributed by atoms with Gasteiger partial charge in [0.25, 0.3) is 5.91 Å². The molecule has 6 nitrogen and oxygen atoms in total. The SMILES string of the molecule is CC1N(c2ccc(C#N)c(Cl)c2)CCC12CCN(c1ccc(C(=O)N3CCNCC3)cc1)CC2. The molecule has 3 aliphatic heterocycles. The number of carbonyl (C=O) groups excluding carboxylic acids is 1. The number of rotatable bonds is 3. The zero-order valence-electron chi connectivity index (χ0n) is 19.8. The van der Waals surface area contributed by atoms with Gasteiger partial charge in [-0.25, -0.2) is 0 Å². The number of nitrogens with one attached hydrogen (secondary N) is 1. The lowest BCUT2D eigenvalue weighted by Gasteiger charge is -2.44. The summed E-state index contributed by atoms with van der Waals surface area (Å²) in [6.07, 6.45) is 3.48. The van der Waals surface area contributed by atoms with E-state index in [0.29, 0.717) is 22.0 Å². The van der Waals surface area contributed by atoms with E-state index in [2.05, 4.69) is 40.2 Å². The van der Waals surface area contributed by atoms with Crippen molar-refractivity contribution in [3.8, 4) is 6.07 Å². The molecule has 3 heterocycles. The highest BCUT2D eigenvalue weighted by Crippen LogP contribution is 2.47. The third kappa shape index (κ3) is 4.23. The third-order valence-corrected chi connectivity index (χ3v) is 8.56. The topological polar surface area (TPSA) is 62.6 Å². The van der Waals surface area contributed by atoms with E-state index in [0.717, 1.165) is 69.9 Å². The van der Waals surface area contributed by atoms with Gasteiger partial charge >= 0.3 is 0 Å². The molecule has 178 valence electrons. The van der Waals surface area contributed by atoms with E-state index >= 15 is 0 Å². The van der Waals surface area contributed by atoms with Crippen molar-refractivity contribution in [1.82, 2.24) is 10.2 Å². The molecule has 0 aromatic heterocycles. The van der Waals surface area contributed by atoms with Crippen LogP contribution in [0.4, 0.5) is 11.4 Å². The number of anilines is 2. The van der Waals surface area contributed by atoms with Crippen LogP contribution >= 0.6 is 11.6 Å². The average Bonchev–Trinajstić information content (AvgIpc) is 3.20. The predicted molar refractivity (Wildman–Crippen MR) is 137 cm³/mol. The molecule has 5 rings (SSSR count). The molecule has 1 unspecified atom stereocenters. The number of carbonyl (C=O) groups is 1. The van der Waals surface area contributed by atoms with Gasteiger partial charge in [-0.05, 0) is 74.1 Å². The minimum absolute atomic E-state index is 0.133. The molecule has 0 aliphatic carbocycles. The number of halogens is 1. The Kier molecular flexibility index (Phi) is 6.42. The van der Waals surface area contributed by atoms with Gasteiger partial charge in [-0.1, -0.05) is 11.6 Å². The lowest BCUT2D eigenvalue weighted by atomic mass is 9.73. The highest BCUT2D eigenvalue weighted by molar-refractivity contribution is 6.32. The molecule has 7 heteroatoms. The number of nitriles is 1. The van der Waals surface area contributed by atoms with E-state index in [1.54, 1.807) is 0 Å². The fourth-order valence-electron chi connectivity index (χ4n) is 5.95. The molecule has 1 amide bonds. The Labute approximate surface area is 207 Å². The standard InChI is InChI=1S/C27H32ClN5O/c1-20-27(10-15-33(20)24-7-4-22(19-29)25(28)18-24)8-13-31(14-9-27)23-5-2-21(3-6-23)26(34)32-16-11-30-12-17-32/h2-7,18,20,30H,8-17H2,1H3. The molecule has 0 saturated carbocycles. The Morgan fingerprint density at radius 3 is 2.29 bits per heavy atom. The van der Waals surface area contributed by atoms with Gasteiger partial charge in [0.1, 0.15) is 6.07 Å². The second-order valence-electron chi connectivity index (χ2n) is 9.83. The molecule has 1 atom stereocenters. The van der Waals surface area contributed by atoms with Crippen LogP contribution in [0.25, 0.3) is 0 Å². The van der Waals surface area contributed by atoms with Crippen LogP contribution in [-0.2, 0) is 0 Å². The Balaban J connectivity index is 1.22. The molecule has 3 saturated heterocycles. The Morgan fingerprint density at radius 1 is 1.00 bits per heavy atom. The first-order valence-electron chi connectivity index (χ1n) is 12.3. The second kappa shape index (κ2) is 9.48. The smallest absolute Gasteiger partial charge is 0.253 e. The van der Waals surface area contributed by atoms with Gasteiger partial charge in [0.2, 0.25) is 0 Å². The molecular weight excluding hydrogens is 446 g/mol. The minimum Gasteiger partial charge on any atom is -0.371 e. The molecular formula is C27H32ClN5O. The predicted octanol–water partition coefficient (Wildman–Crippen LogP) is 4.14. The normalized spacial score (nSPS) is 22.1. The van der Waals surface area contributed by atoms with Gasteiger partial charge in [-0.15, -0.1) is 0 Å². The van der Waals surface area contributed by atoms with Crippen LogP contribution in [0.1, 0.15) is 42.1 Å². The van der Waals surface area contributed by atoms with Crippen molar-refractivity contribution in [2.45, 2.75) is 32.2 Å². The van der Waals surface area contributed by atoms with Gasteiger partial charge < -0.3 is 20.0 Å². The summed E-state index contributed by atoms with van der Waals surface area (Å²) in [5.74, 6) is 0.133. The van der Waals surface area contributed by atoms with Gasteiger partial charge in [0.15, 0.2) is 0 Å². The van der Waals surface area contributed by atoms with E-state index in [-0.39, 0.29) is 5.91 Å². The number of hydrogen-bond donors (Lipinski definition) is 1. The fraction of sp³-hybridized carbons (Fsp3) is 0.481. The largest absolute Gasteiger partial charge is 0.371 e. The molecule has 1 spiro atoms. The van der Waals surface area contributed by atoms with Gasteiger partial charge in [0, 0.05) is 68.8 Å². The van der Waals surface area contributed by atoms with Gasteiger partial charge in [-0.3, -0.25) is 4.79 Å². The minimum atomic E-state index is 0.133. The number of piperazine rings is 1. The quantitative estimate of drug-likeness (QED) is 0.719. The summed E-state index contributed by atoms with van der Waals surface area (Å²) in [5, 5.41) is 13.0. The van der Waals surface area contributed by atoms with Crippen molar-refractivity contribution < 1.29 is 4.79 Å². The first kappa shape index (κ1) is 23.0. The van der Waals surface area contributed by atoms with E-state index in [1.165, 1.54) is 12.1 Å². The summed E-state index contributed by atoms with van der Waals surface area (Å²) in [6, 6.07) is 16.6. The van der Waals surface area contributed by atoms with Crippen LogP contribution in [-0.4, -0.2) is 62.7 Å². The number of hydrogen-bond acceptors (Lipinski definition) is 5. The van der Waals surface area contributed by atoms with Crippen LogP contribution in [0.3, 0.4) is 0 Å². The van der Waals surface area contributed by atoms with Crippen molar-refractivity contribution in [1.29, 1.82) is 5.26 Å². The van der Waals surface area contributed by atoms with Crippen LogP contribution in [0, 0.1) is 16.7 Å². The number of amides is 1. The monoisotopic (exact) mass is 477 g/mol. The Bertz CT molecular complexity index is 1080. The zero-order valence-corrected chi connectivity index (χ0v) is 20.5. The molecule has 1 N–H and O–H groups in total. The van der Waals surface area contributed by atoms with Gasteiger partial charge in [-0.2, -0.15) is 5.26 Å². The number of nitrogens with zero attached hydrogens (tertiary/aromatic N) is 4. The molecule has 0 radical (unpaired) electrons. The maximum atomic E-state index is 12.8. The van der Waals surface area contributed by atoms with Gasteiger partial charge in [0.05, 0.1) is 10.6 Å². The highest BCUT2D eigenvalue weighted by Gasteiger charge is 2.46. The lowest BCUT2D eigenvalue weighted by molar-refractivity contribution is 0.0736. The molecule has 2 aromatic carbocycles.